The zero-order chi connectivity index (χ0) is 37.4. The number of fused-ring (bicyclic) bond motifs is 2. The first-order valence-electron chi connectivity index (χ1n) is 14.8. The van der Waals surface area contributed by atoms with Gasteiger partial charge in [-0.25, -0.2) is 9.59 Å². The minimum Gasteiger partial charge on any atom is -0.504 e. The van der Waals surface area contributed by atoms with Crippen LogP contribution in [0.3, 0.4) is 0 Å². The molecule has 5 rings (SSSR count). The van der Waals surface area contributed by atoms with Gasteiger partial charge in [0.15, 0.2) is 18.1 Å². The molecular weight excluding hydrogens is 698 g/mol. The smallest absolute Gasteiger partial charge is 0.352 e. The van der Waals surface area contributed by atoms with Gasteiger partial charge in [0.1, 0.15) is 46.4 Å². The molecule has 0 bridgehead atoms. The molecule has 268 valence electrons. The fraction of sp³-hybridized carbons (Fsp3) is 0.281. The Morgan fingerprint density at radius 1 is 1.08 bits per heavy atom. The number of methoxy groups -OCH3 is 1. The van der Waals surface area contributed by atoms with Crippen molar-refractivity contribution in [2.24, 2.45) is 0 Å². The molecule has 2 aliphatic rings. The van der Waals surface area contributed by atoms with Gasteiger partial charge in [-0.1, -0.05) is 12.1 Å². The molecular formula is C32H29N3O15S. The number of thioether (sulfide) groups is 1. The van der Waals surface area contributed by atoms with Gasteiger partial charge in [-0.3, -0.25) is 28.9 Å². The number of carboxylic acids is 2. The Balaban J connectivity index is 1.50. The predicted octanol–water partition coefficient (Wildman–Crippen LogP) is 0.723. The molecule has 1 unspecified atom stereocenters. The first kappa shape index (κ1) is 36.2. The Bertz CT molecular complexity index is 2080. The van der Waals surface area contributed by atoms with Gasteiger partial charge in [-0.15, -0.1) is 11.8 Å². The van der Waals surface area contributed by atoms with Crippen molar-refractivity contribution in [3.05, 3.63) is 74.8 Å². The Morgan fingerprint density at radius 2 is 1.75 bits per heavy atom. The number of hydrogen-bond donors (Lipinski definition) is 6. The fourth-order valence-corrected chi connectivity index (χ4v) is 6.92. The van der Waals surface area contributed by atoms with Gasteiger partial charge in [0, 0.05) is 31.4 Å². The number of esters is 1. The van der Waals surface area contributed by atoms with Crippen molar-refractivity contribution in [2.45, 2.75) is 31.0 Å². The molecule has 1 aromatic heterocycles. The molecule has 2 aliphatic heterocycles. The average Bonchev–Trinajstić information content (AvgIpc) is 3.08. The number of ether oxygens (including phenoxy) is 3. The summed E-state index contributed by atoms with van der Waals surface area (Å²) in [6, 6.07) is 5.46. The number of carbonyl (C=O) groups excluding carboxylic acids is 4. The second kappa shape index (κ2) is 14.0. The molecule has 19 heteroatoms. The van der Waals surface area contributed by atoms with Gasteiger partial charge in [0.2, 0.25) is 11.3 Å². The molecule has 0 radical (unpaired) electrons. The summed E-state index contributed by atoms with van der Waals surface area (Å²) in [6.07, 6.45) is 0. The second-order valence-electron chi connectivity index (χ2n) is 11.2. The summed E-state index contributed by atoms with van der Waals surface area (Å²) in [4.78, 5) is 90.3. The lowest BCUT2D eigenvalue weighted by Crippen LogP contribution is -2.81. The van der Waals surface area contributed by atoms with Crippen LogP contribution in [0.1, 0.15) is 34.6 Å². The van der Waals surface area contributed by atoms with Crippen LogP contribution in [0.2, 0.25) is 0 Å². The third-order valence-electron chi connectivity index (χ3n) is 7.90. The number of aliphatic carboxylic acids is 2. The minimum absolute atomic E-state index is 0.0212. The second-order valence-corrected chi connectivity index (χ2v) is 12.2. The summed E-state index contributed by atoms with van der Waals surface area (Å²) in [5.74, 6) is -7.92. The summed E-state index contributed by atoms with van der Waals surface area (Å²) < 4.78 is 21.1. The number of nitrogens with one attached hydrogen (secondary N) is 2. The van der Waals surface area contributed by atoms with Gasteiger partial charge in [0.25, 0.3) is 17.5 Å². The lowest BCUT2D eigenvalue weighted by molar-refractivity contribution is -0.193. The SMILES string of the molecule is CO[C@@]1(NC(=O)C(NC(=O)c2c(C)oc3cc(O)c(O)cc3c2=O)c2ccc(OCC(=O)O)cc2)C(=O)N2C(C(=O)O)=C(COC(C)=O)CS[C@H]21. The predicted molar refractivity (Wildman–Crippen MR) is 173 cm³/mol. The highest BCUT2D eigenvalue weighted by Crippen LogP contribution is 2.47. The van der Waals surface area contributed by atoms with Crippen molar-refractivity contribution in [1.29, 1.82) is 0 Å². The van der Waals surface area contributed by atoms with Crippen LogP contribution in [-0.2, 0) is 33.4 Å². The first-order valence-corrected chi connectivity index (χ1v) is 15.8. The molecule has 51 heavy (non-hydrogen) atoms. The third-order valence-corrected chi connectivity index (χ3v) is 9.27. The summed E-state index contributed by atoms with van der Waals surface area (Å²) in [7, 11) is 1.10. The van der Waals surface area contributed by atoms with E-state index in [9.17, 15) is 48.9 Å². The zero-order valence-corrected chi connectivity index (χ0v) is 27.7. The molecule has 1 saturated heterocycles. The number of aryl methyl sites for hydroxylation is 1. The van der Waals surface area contributed by atoms with Crippen LogP contribution in [0.4, 0.5) is 0 Å². The van der Waals surface area contributed by atoms with E-state index in [1.165, 1.54) is 31.2 Å². The zero-order valence-electron chi connectivity index (χ0n) is 26.9. The molecule has 3 aromatic rings. The number of rotatable bonds is 12. The van der Waals surface area contributed by atoms with Crippen LogP contribution < -0.4 is 20.8 Å². The highest BCUT2D eigenvalue weighted by Gasteiger charge is 2.67. The molecule has 2 aromatic carbocycles. The number of phenols is 2. The average molecular weight is 728 g/mol. The number of phenolic OH excluding ortho intramolecular Hbond substituents is 2. The lowest BCUT2D eigenvalue weighted by atomic mass is 9.96. The number of carbonyl (C=O) groups is 6. The molecule has 0 saturated carbocycles. The fourth-order valence-electron chi connectivity index (χ4n) is 5.50. The van der Waals surface area contributed by atoms with Crippen molar-refractivity contribution in [3.63, 3.8) is 0 Å². The molecule has 3 amide bonds. The van der Waals surface area contributed by atoms with E-state index in [1.807, 2.05) is 0 Å². The Morgan fingerprint density at radius 3 is 2.35 bits per heavy atom. The normalized spacial score (nSPS) is 18.7. The molecule has 1 fully saturated rings. The number of amides is 3. The van der Waals surface area contributed by atoms with E-state index in [-0.39, 0.29) is 39.4 Å². The maximum Gasteiger partial charge on any atom is 0.352 e. The van der Waals surface area contributed by atoms with E-state index in [0.717, 1.165) is 42.8 Å². The van der Waals surface area contributed by atoms with Gasteiger partial charge in [-0.05, 0) is 30.7 Å². The molecule has 0 spiro atoms. The first-order chi connectivity index (χ1) is 24.1. The Labute approximate surface area is 290 Å². The molecule has 18 nitrogen and oxygen atoms in total. The maximum absolute atomic E-state index is 14.1. The van der Waals surface area contributed by atoms with Crippen LogP contribution in [0.15, 0.2) is 56.9 Å². The van der Waals surface area contributed by atoms with E-state index in [0.29, 0.717) is 0 Å². The highest BCUT2D eigenvalue weighted by atomic mass is 32.2. The van der Waals surface area contributed by atoms with E-state index < -0.39 is 94.2 Å². The van der Waals surface area contributed by atoms with E-state index in [4.69, 9.17) is 23.7 Å². The highest BCUT2D eigenvalue weighted by molar-refractivity contribution is 8.00. The van der Waals surface area contributed by atoms with Gasteiger partial charge in [0.05, 0.1) is 5.39 Å². The number of nitrogens with zero attached hydrogens (tertiary/aromatic N) is 1. The number of benzene rings is 2. The van der Waals surface area contributed by atoms with Crippen LogP contribution in [0.25, 0.3) is 11.0 Å². The lowest BCUT2D eigenvalue weighted by Gasteiger charge is -2.56. The summed E-state index contributed by atoms with van der Waals surface area (Å²) in [5.41, 5.74) is -4.00. The number of hydrogen-bond acceptors (Lipinski definition) is 14. The largest absolute Gasteiger partial charge is 0.504 e. The minimum atomic E-state index is -2.14. The summed E-state index contributed by atoms with van der Waals surface area (Å²) in [5, 5.41) is 42.2. The molecule has 3 heterocycles. The quantitative estimate of drug-likeness (QED) is 0.0649. The Kier molecular flexibility index (Phi) is 9.97. The molecule has 3 atom stereocenters. The third kappa shape index (κ3) is 6.75. The number of aromatic hydroxyl groups is 2. The van der Waals surface area contributed by atoms with Gasteiger partial charge >= 0.3 is 17.9 Å². The van der Waals surface area contributed by atoms with Crippen molar-refractivity contribution >= 4 is 58.4 Å². The summed E-state index contributed by atoms with van der Waals surface area (Å²) >= 11 is 1.02. The van der Waals surface area contributed by atoms with Crippen LogP contribution in [0, 0.1) is 6.92 Å². The van der Waals surface area contributed by atoms with Crippen molar-refractivity contribution in [3.8, 4) is 17.2 Å². The van der Waals surface area contributed by atoms with Crippen molar-refractivity contribution < 1.29 is 67.8 Å². The van der Waals surface area contributed by atoms with E-state index in [2.05, 4.69) is 10.6 Å². The Hall–Kier alpha value is -6.08. The van der Waals surface area contributed by atoms with Gasteiger partial charge in [-0.2, -0.15) is 0 Å². The van der Waals surface area contributed by atoms with Gasteiger partial charge < -0.3 is 49.7 Å². The van der Waals surface area contributed by atoms with Crippen molar-refractivity contribution in [2.75, 3.05) is 26.1 Å². The molecule has 6 N–H and O–H groups in total. The van der Waals surface area contributed by atoms with Crippen LogP contribution in [0.5, 0.6) is 17.2 Å². The topological polar surface area (TPSA) is 269 Å². The van der Waals surface area contributed by atoms with E-state index in [1.54, 1.807) is 0 Å². The number of carboxylic acid groups (broad SMARTS) is 2. The monoisotopic (exact) mass is 727 g/mol. The van der Waals surface area contributed by atoms with Crippen LogP contribution in [-0.4, -0.2) is 98.1 Å². The van der Waals surface area contributed by atoms with Crippen LogP contribution >= 0.6 is 11.8 Å². The standard InChI is InChI=1S/C32H29N3O15S/c1-13-23(26(41)18-8-19(37)20(38)9-21(18)50-13)27(42)33-24(15-4-6-17(7-5-15)49-11-22(39)40)28(43)34-32(47-3)30(46)35-25(29(44)45)16(10-48-14(2)36)12-51-31(32)35/h4-9,24,31,37-38H,10-12H2,1-3H3,(H,33,42)(H,34,43)(H,39,40)(H,44,45)/t24?,31-,32-/m0/s1. The maximum atomic E-state index is 14.1. The molecule has 0 aliphatic carbocycles. The van der Waals surface area contributed by atoms with Crippen molar-refractivity contribution in [1.82, 2.24) is 15.5 Å². The number of β-lactam (4-membered cyclic amide) rings is 1. The summed E-state index contributed by atoms with van der Waals surface area (Å²) in [6.45, 7) is 1.36. The van der Waals surface area contributed by atoms with E-state index >= 15 is 0 Å².